The zero-order valence-corrected chi connectivity index (χ0v) is 13.4. The second-order valence-electron chi connectivity index (χ2n) is 4.42. The van der Waals surface area contributed by atoms with Crippen molar-refractivity contribution in [3.05, 3.63) is 59.7 Å². The summed E-state index contributed by atoms with van der Waals surface area (Å²) < 4.78 is 29.7. The molecule has 0 fully saturated rings. The van der Waals surface area contributed by atoms with Gasteiger partial charge in [-0.25, -0.2) is 0 Å². The van der Waals surface area contributed by atoms with E-state index in [4.69, 9.17) is 48.4 Å². The minimum absolute atomic E-state index is 0.219. The van der Waals surface area contributed by atoms with E-state index in [1.165, 1.54) is 12.1 Å². The van der Waals surface area contributed by atoms with Crippen LogP contribution in [-0.2, 0) is 0 Å². The number of hydrogen-bond acceptors (Lipinski definition) is 2. The first-order valence-electron chi connectivity index (χ1n) is 7.60. The van der Waals surface area contributed by atoms with Gasteiger partial charge in [0.25, 0.3) is 0 Å². The molecule has 0 bridgehead atoms. The van der Waals surface area contributed by atoms with Gasteiger partial charge in [-0.3, -0.25) is 0 Å². The van der Waals surface area contributed by atoms with Gasteiger partial charge in [0.15, 0.2) is 0 Å². The van der Waals surface area contributed by atoms with Gasteiger partial charge in [0.05, 0.1) is 24.2 Å². The summed E-state index contributed by atoms with van der Waals surface area (Å²) in [4.78, 5) is 0. The van der Waals surface area contributed by atoms with E-state index < -0.39 is 16.7 Å². The van der Waals surface area contributed by atoms with E-state index in [9.17, 15) is 0 Å². The van der Waals surface area contributed by atoms with Gasteiger partial charge in [-0.05, 0) is 35.4 Å². The first kappa shape index (κ1) is 12.5. The summed E-state index contributed by atoms with van der Waals surface area (Å²) in [5.41, 5.74) is 1.51. The molecule has 112 valence electrons. The Labute approximate surface area is 143 Å². The Morgan fingerprint density at radius 1 is 0.857 bits per heavy atom. The van der Waals surface area contributed by atoms with Crippen molar-refractivity contribution in [2.24, 2.45) is 0 Å². The third-order valence-corrected chi connectivity index (χ3v) is 3.76. The van der Waals surface area contributed by atoms with Crippen LogP contribution in [0.15, 0.2) is 48.5 Å². The van der Waals surface area contributed by atoms with Gasteiger partial charge in [-0.2, -0.15) is 0 Å². The molecule has 0 aliphatic carbocycles. The molecule has 0 radical (unpaired) electrons. The van der Waals surface area contributed by atoms with E-state index in [1.807, 2.05) is 12.1 Å². The molecule has 2 rings (SSSR count). The molecule has 0 saturated heterocycles. The van der Waals surface area contributed by atoms with Crippen molar-refractivity contribution in [2.45, 2.75) is 9.71 Å². The molecule has 5 heteroatoms. The summed E-state index contributed by atoms with van der Waals surface area (Å²) in [5, 5.41) is 0. The van der Waals surface area contributed by atoms with Crippen LogP contribution in [-0.4, -0.2) is 17.9 Å². The fraction of sp³-hybridized carbons (Fsp3) is 0.250. The van der Waals surface area contributed by atoms with Crippen LogP contribution >= 0.6 is 34.8 Å². The maximum Gasteiger partial charge on any atom is 0.201 e. The van der Waals surface area contributed by atoms with Crippen molar-refractivity contribution in [3.8, 4) is 11.5 Å². The lowest BCUT2D eigenvalue weighted by molar-refractivity contribution is 0.414. The highest BCUT2D eigenvalue weighted by molar-refractivity contribution is 6.68. The van der Waals surface area contributed by atoms with E-state index in [2.05, 4.69) is 0 Å². The molecule has 1 atom stereocenters. The Morgan fingerprint density at radius 2 is 1.29 bits per heavy atom. The first-order valence-corrected chi connectivity index (χ1v) is 7.23. The summed E-state index contributed by atoms with van der Waals surface area (Å²) in [6, 6.07) is 13.6. The molecule has 2 nitrogen and oxygen atoms in total. The monoisotopic (exact) mass is 347 g/mol. The third kappa shape index (κ3) is 3.97. The largest absolute Gasteiger partial charge is 0.497 e. The van der Waals surface area contributed by atoms with E-state index in [-0.39, 0.29) is 5.75 Å². The van der Waals surface area contributed by atoms with Crippen molar-refractivity contribution >= 4 is 34.8 Å². The van der Waals surface area contributed by atoms with Crippen molar-refractivity contribution in [3.63, 3.8) is 0 Å². The molecular formula is C16H15Cl3O2. The standard InChI is InChI=1S/C16H15Cl3O2/c1-20-13-7-3-11(4-8-13)15(16(17,18)19)12-5-9-14(21-2)10-6-12/h3-10,15H,1-2H3/i1D3/t15-/m0/s1. The highest BCUT2D eigenvalue weighted by Gasteiger charge is 2.35. The maximum atomic E-state index is 7.12. The zero-order chi connectivity index (χ0) is 18.0. The van der Waals surface area contributed by atoms with Crippen LogP contribution < -0.4 is 9.47 Å². The average Bonchev–Trinajstić information content (AvgIpc) is 2.47. The van der Waals surface area contributed by atoms with Gasteiger partial charge in [-0.15, -0.1) is 0 Å². The van der Waals surface area contributed by atoms with Crippen LogP contribution in [0.4, 0.5) is 0 Å². The number of alkyl halides is 3. The summed E-state index contributed by atoms with van der Waals surface area (Å²) in [5.74, 6) is 0.384. The van der Waals surface area contributed by atoms with Gasteiger partial charge >= 0.3 is 0 Å². The highest BCUT2D eigenvalue weighted by atomic mass is 35.6. The SMILES string of the molecule is [2H]C([2H])([2H])Oc1ccc([C@@H](c2ccc(OC)cc2)C(Cl)(Cl)Cl)cc1. The van der Waals surface area contributed by atoms with E-state index in [0.717, 1.165) is 11.1 Å². The molecule has 2 aromatic carbocycles. The molecule has 0 saturated carbocycles. The molecule has 0 N–H and O–H groups in total. The zero-order valence-electron chi connectivity index (χ0n) is 14.1. The molecule has 0 unspecified atom stereocenters. The first-order chi connectivity index (χ1) is 11.1. The quantitative estimate of drug-likeness (QED) is 0.706. The van der Waals surface area contributed by atoms with Crippen LogP contribution in [0, 0.1) is 0 Å². The Kier molecular flexibility index (Phi) is 4.02. The second kappa shape index (κ2) is 6.78. The fourth-order valence-corrected chi connectivity index (χ4v) is 2.85. The summed E-state index contributed by atoms with van der Waals surface area (Å²) in [6.07, 6.45) is 0. The average molecular weight is 349 g/mol. The molecular weight excluding hydrogens is 331 g/mol. The van der Waals surface area contributed by atoms with Crippen LogP contribution in [0.25, 0.3) is 0 Å². The summed E-state index contributed by atoms with van der Waals surface area (Å²) in [6.45, 7) is 0. The van der Waals surface area contributed by atoms with Crippen molar-refractivity contribution < 1.29 is 13.6 Å². The lowest BCUT2D eigenvalue weighted by atomic mass is 9.92. The number of rotatable bonds is 4. The lowest BCUT2D eigenvalue weighted by Crippen LogP contribution is -2.18. The fourth-order valence-electron chi connectivity index (χ4n) is 2.10. The Hall–Kier alpha value is -1.09. The summed E-state index contributed by atoms with van der Waals surface area (Å²) >= 11 is 18.5. The topological polar surface area (TPSA) is 18.5 Å². The number of benzene rings is 2. The smallest absolute Gasteiger partial charge is 0.201 e. The molecule has 2 aromatic rings. The maximum absolute atomic E-state index is 7.12. The Balaban J connectivity index is 2.34. The molecule has 0 aliphatic rings. The molecule has 21 heavy (non-hydrogen) atoms. The predicted octanol–water partition coefficient (Wildman–Crippen LogP) is 5.21. The van der Waals surface area contributed by atoms with Gasteiger partial charge in [0.2, 0.25) is 3.79 Å². The van der Waals surface area contributed by atoms with E-state index in [0.29, 0.717) is 5.75 Å². The lowest BCUT2D eigenvalue weighted by Gasteiger charge is -2.25. The molecule has 0 aromatic heterocycles. The van der Waals surface area contributed by atoms with Crippen molar-refractivity contribution in [1.29, 1.82) is 0 Å². The molecule has 0 heterocycles. The van der Waals surface area contributed by atoms with Crippen LogP contribution in [0.5, 0.6) is 11.5 Å². The minimum atomic E-state index is -2.51. The minimum Gasteiger partial charge on any atom is -0.497 e. The van der Waals surface area contributed by atoms with Gasteiger partial charge in [-0.1, -0.05) is 59.1 Å². The molecule has 0 amide bonds. The Morgan fingerprint density at radius 3 is 1.62 bits per heavy atom. The number of halogens is 3. The third-order valence-electron chi connectivity index (χ3n) is 3.11. The van der Waals surface area contributed by atoms with Crippen molar-refractivity contribution in [1.82, 2.24) is 0 Å². The van der Waals surface area contributed by atoms with Gasteiger partial charge < -0.3 is 9.47 Å². The van der Waals surface area contributed by atoms with E-state index >= 15 is 0 Å². The second-order valence-corrected chi connectivity index (χ2v) is 6.79. The van der Waals surface area contributed by atoms with Crippen LogP contribution in [0.3, 0.4) is 0 Å². The van der Waals surface area contributed by atoms with Crippen LogP contribution in [0.2, 0.25) is 0 Å². The van der Waals surface area contributed by atoms with Gasteiger partial charge in [0, 0.05) is 0 Å². The predicted molar refractivity (Wildman–Crippen MR) is 88.1 cm³/mol. The number of hydrogen-bond donors (Lipinski definition) is 0. The number of ether oxygens (including phenoxy) is 2. The highest BCUT2D eigenvalue weighted by Crippen LogP contribution is 2.46. The van der Waals surface area contributed by atoms with Crippen molar-refractivity contribution in [2.75, 3.05) is 14.1 Å². The number of methoxy groups -OCH3 is 2. The van der Waals surface area contributed by atoms with Crippen LogP contribution in [0.1, 0.15) is 21.2 Å². The molecule has 0 aliphatic heterocycles. The summed E-state index contributed by atoms with van der Waals surface area (Å²) in [7, 11) is -0.933. The normalized spacial score (nSPS) is 15.5. The Bertz CT molecular complexity index is 665. The van der Waals surface area contributed by atoms with E-state index in [1.54, 1.807) is 31.4 Å². The molecule has 0 spiro atoms. The van der Waals surface area contributed by atoms with Gasteiger partial charge in [0.1, 0.15) is 11.5 Å².